The van der Waals surface area contributed by atoms with Gasteiger partial charge in [-0.3, -0.25) is 4.79 Å². The first kappa shape index (κ1) is 14.1. The molecule has 0 aliphatic carbocycles. The van der Waals surface area contributed by atoms with Gasteiger partial charge in [-0.15, -0.1) is 0 Å². The molecule has 3 heteroatoms. The van der Waals surface area contributed by atoms with Crippen molar-refractivity contribution >= 4 is 6.29 Å². The number of para-hydroxylation sites is 1. The molecule has 0 unspecified atom stereocenters. The minimum absolute atomic E-state index is 0.633. The molecule has 1 atom stereocenters. The fourth-order valence-electron chi connectivity index (χ4n) is 2.65. The monoisotopic (exact) mass is 261 g/mol. The molecule has 3 nitrogen and oxygen atoms in total. The van der Waals surface area contributed by atoms with Gasteiger partial charge in [0.05, 0.1) is 12.2 Å². The molecule has 104 valence electrons. The number of aldehydes is 1. The van der Waals surface area contributed by atoms with E-state index in [1.54, 1.807) is 6.07 Å². The SMILES string of the molecule is C[C@H]1CCCCN1CCCOc1ccccc1C=O. The molecule has 1 aliphatic heterocycles. The van der Waals surface area contributed by atoms with Gasteiger partial charge in [-0.25, -0.2) is 0 Å². The Morgan fingerprint density at radius 1 is 1.37 bits per heavy atom. The smallest absolute Gasteiger partial charge is 0.153 e. The van der Waals surface area contributed by atoms with E-state index in [1.807, 2.05) is 18.2 Å². The van der Waals surface area contributed by atoms with Gasteiger partial charge in [0.25, 0.3) is 0 Å². The first-order chi connectivity index (χ1) is 9.31. The second-order valence-corrected chi connectivity index (χ2v) is 5.24. The summed E-state index contributed by atoms with van der Waals surface area (Å²) in [6.07, 6.45) is 5.86. The summed E-state index contributed by atoms with van der Waals surface area (Å²) in [6.45, 7) is 5.28. The van der Waals surface area contributed by atoms with Crippen molar-refractivity contribution in [3.8, 4) is 5.75 Å². The van der Waals surface area contributed by atoms with Crippen molar-refractivity contribution in [3.63, 3.8) is 0 Å². The summed E-state index contributed by atoms with van der Waals surface area (Å²) in [5, 5.41) is 0. The maximum absolute atomic E-state index is 10.9. The fraction of sp³-hybridized carbons (Fsp3) is 0.562. The van der Waals surface area contributed by atoms with Crippen LogP contribution in [-0.4, -0.2) is 36.9 Å². The highest BCUT2D eigenvalue weighted by molar-refractivity contribution is 5.79. The van der Waals surface area contributed by atoms with Crippen LogP contribution in [0.1, 0.15) is 43.0 Å². The van der Waals surface area contributed by atoms with E-state index in [1.165, 1.54) is 25.8 Å². The van der Waals surface area contributed by atoms with Crippen LogP contribution in [0.15, 0.2) is 24.3 Å². The van der Waals surface area contributed by atoms with Crippen LogP contribution in [-0.2, 0) is 0 Å². The highest BCUT2D eigenvalue weighted by Gasteiger charge is 2.17. The van der Waals surface area contributed by atoms with Crippen molar-refractivity contribution in [2.24, 2.45) is 0 Å². The van der Waals surface area contributed by atoms with Crippen LogP contribution < -0.4 is 4.74 Å². The van der Waals surface area contributed by atoms with Crippen molar-refractivity contribution < 1.29 is 9.53 Å². The third-order valence-corrected chi connectivity index (χ3v) is 3.83. The predicted molar refractivity (Wildman–Crippen MR) is 76.8 cm³/mol. The molecule has 1 fully saturated rings. The van der Waals surface area contributed by atoms with Gasteiger partial charge in [-0.2, -0.15) is 0 Å². The van der Waals surface area contributed by atoms with Gasteiger partial charge >= 0.3 is 0 Å². The lowest BCUT2D eigenvalue weighted by atomic mass is 10.0. The summed E-state index contributed by atoms with van der Waals surface area (Å²) in [7, 11) is 0. The van der Waals surface area contributed by atoms with Crippen molar-refractivity contribution in [2.45, 2.75) is 38.6 Å². The Morgan fingerprint density at radius 3 is 3.00 bits per heavy atom. The lowest BCUT2D eigenvalue weighted by Gasteiger charge is -2.33. The molecule has 0 bridgehead atoms. The molecular weight excluding hydrogens is 238 g/mol. The lowest BCUT2D eigenvalue weighted by Crippen LogP contribution is -2.38. The Bertz CT molecular complexity index is 405. The van der Waals surface area contributed by atoms with Crippen molar-refractivity contribution in [3.05, 3.63) is 29.8 Å². The molecule has 1 aliphatic rings. The summed E-state index contributed by atoms with van der Waals surface area (Å²) >= 11 is 0. The molecule has 0 amide bonds. The number of rotatable bonds is 6. The van der Waals surface area contributed by atoms with E-state index in [-0.39, 0.29) is 0 Å². The number of likely N-dealkylation sites (tertiary alicyclic amines) is 1. The topological polar surface area (TPSA) is 29.5 Å². The van der Waals surface area contributed by atoms with Crippen molar-refractivity contribution in [2.75, 3.05) is 19.7 Å². The molecule has 1 aromatic rings. The summed E-state index contributed by atoms with van der Waals surface area (Å²) in [5.41, 5.74) is 0.633. The minimum Gasteiger partial charge on any atom is -0.493 e. The van der Waals surface area contributed by atoms with E-state index in [9.17, 15) is 4.79 Å². The van der Waals surface area contributed by atoms with Gasteiger partial charge in [-0.05, 0) is 44.9 Å². The Kier molecular flexibility index (Phi) is 5.40. The normalized spacial score (nSPS) is 20.2. The quantitative estimate of drug-likeness (QED) is 0.582. The zero-order chi connectivity index (χ0) is 13.5. The van der Waals surface area contributed by atoms with E-state index in [0.29, 0.717) is 24.0 Å². The maximum Gasteiger partial charge on any atom is 0.153 e. The molecular formula is C16H23NO2. The van der Waals surface area contributed by atoms with Gasteiger partial charge < -0.3 is 9.64 Å². The van der Waals surface area contributed by atoms with E-state index in [0.717, 1.165) is 19.3 Å². The molecule has 0 saturated carbocycles. The third kappa shape index (κ3) is 4.06. The predicted octanol–water partition coefficient (Wildman–Crippen LogP) is 3.14. The van der Waals surface area contributed by atoms with Crippen LogP contribution in [0.25, 0.3) is 0 Å². The average Bonchev–Trinajstić information content (AvgIpc) is 2.45. The largest absolute Gasteiger partial charge is 0.493 e. The number of piperidine rings is 1. The zero-order valence-corrected chi connectivity index (χ0v) is 11.7. The van der Waals surface area contributed by atoms with Crippen LogP contribution in [0, 0.1) is 0 Å². The molecule has 0 radical (unpaired) electrons. The van der Waals surface area contributed by atoms with Crippen LogP contribution in [0.2, 0.25) is 0 Å². The van der Waals surface area contributed by atoms with Crippen LogP contribution >= 0.6 is 0 Å². The van der Waals surface area contributed by atoms with Crippen LogP contribution in [0.3, 0.4) is 0 Å². The molecule has 1 saturated heterocycles. The van der Waals surface area contributed by atoms with E-state index < -0.39 is 0 Å². The van der Waals surface area contributed by atoms with E-state index >= 15 is 0 Å². The molecule has 19 heavy (non-hydrogen) atoms. The molecule has 0 N–H and O–H groups in total. The fourth-order valence-corrected chi connectivity index (χ4v) is 2.65. The molecule has 0 spiro atoms. The average molecular weight is 261 g/mol. The maximum atomic E-state index is 10.9. The van der Waals surface area contributed by atoms with Gasteiger partial charge in [0, 0.05) is 12.6 Å². The number of hydrogen-bond acceptors (Lipinski definition) is 3. The highest BCUT2D eigenvalue weighted by atomic mass is 16.5. The third-order valence-electron chi connectivity index (χ3n) is 3.83. The number of carbonyl (C=O) groups is 1. The van der Waals surface area contributed by atoms with Crippen molar-refractivity contribution in [1.29, 1.82) is 0 Å². The van der Waals surface area contributed by atoms with Gasteiger partial charge in [0.1, 0.15) is 5.75 Å². The summed E-state index contributed by atoms with van der Waals surface area (Å²) < 4.78 is 5.70. The first-order valence-corrected chi connectivity index (χ1v) is 7.22. The summed E-state index contributed by atoms with van der Waals surface area (Å²) in [6, 6.07) is 8.10. The van der Waals surface area contributed by atoms with Gasteiger partial charge in [0.2, 0.25) is 0 Å². The second kappa shape index (κ2) is 7.29. The molecule has 0 aromatic heterocycles. The number of carbonyl (C=O) groups excluding carboxylic acids is 1. The Labute approximate surface area is 115 Å². The van der Waals surface area contributed by atoms with E-state index in [2.05, 4.69) is 11.8 Å². The van der Waals surface area contributed by atoms with E-state index in [4.69, 9.17) is 4.74 Å². The Morgan fingerprint density at radius 2 is 2.21 bits per heavy atom. The standard InChI is InChI=1S/C16H23NO2/c1-14-7-4-5-10-17(14)11-6-12-19-16-9-3-2-8-15(16)13-18/h2-3,8-9,13-14H,4-7,10-12H2,1H3/t14-/m0/s1. The Balaban J connectivity index is 1.73. The van der Waals surface area contributed by atoms with Gasteiger partial charge in [0.15, 0.2) is 6.29 Å². The highest BCUT2D eigenvalue weighted by Crippen LogP contribution is 2.18. The first-order valence-electron chi connectivity index (χ1n) is 7.22. The number of ether oxygens (including phenoxy) is 1. The van der Waals surface area contributed by atoms with Crippen LogP contribution in [0.5, 0.6) is 5.75 Å². The molecule has 1 heterocycles. The van der Waals surface area contributed by atoms with Crippen molar-refractivity contribution in [1.82, 2.24) is 4.90 Å². The van der Waals surface area contributed by atoms with Gasteiger partial charge in [-0.1, -0.05) is 18.6 Å². The number of benzene rings is 1. The molecule has 1 aromatic carbocycles. The number of nitrogens with zero attached hydrogens (tertiary/aromatic N) is 1. The lowest BCUT2D eigenvalue weighted by molar-refractivity contribution is 0.111. The minimum atomic E-state index is 0.633. The summed E-state index contributed by atoms with van der Waals surface area (Å²) in [5.74, 6) is 0.698. The number of hydrogen-bond donors (Lipinski definition) is 0. The zero-order valence-electron chi connectivity index (χ0n) is 11.7. The second-order valence-electron chi connectivity index (χ2n) is 5.24. The molecule has 2 rings (SSSR count). The Hall–Kier alpha value is -1.35. The summed E-state index contributed by atoms with van der Waals surface area (Å²) in [4.78, 5) is 13.4. The van der Waals surface area contributed by atoms with Crippen LogP contribution in [0.4, 0.5) is 0 Å².